The molecule has 1 amide bonds. The van der Waals surface area contributed by atoms with Crippen LogP contribution in [-0.4, -0.2) is 54.4 Å². The standard InChI is InChI=1S/C14H21N5O3/c1-17-5-3-4-10(8-17)9-18(2)14-12(13(15)20)6-11(7-16-14)19(21)22/h6-7,10H,3-5,8-9H2,1-2H3,(H2,15,20). The van der Waals surface area contributed by atoms with Crippen LogP contribution in [0.5, 0.6) is 0 Å². The Morgan fingerprint density at radius 3 is 2.95 bits per heavy atom. The summed E-state index contributed by atoms with van der Waals surface area (Å²) in [5.41, 5.74) is 5.19. The molecule has 0 bridgehead atoms. The predicted octanol–water partition coefficient (Wildman–Crippen LogP) is 0.867. The molecule has 1 aliphatic heterocycles. The molecule has 1 aromatic heterocycles. The van der Waals surface area contributed by atoms with E-state index in [1.54, 1.807) is 0 Å². The van der Waals surface area contributed by atoms with E-state index >= 15 is 0 Å². The van der Waals surface area contributed by atoms with E-state index in [4.69, 9.17) is 5.73 Å². The Balaban J connectivity index is 2.19. The van der Waals surface area contributed by atoms with Gasteiger partial charge in [-0.05, 0) is 32.4 Å². The number of pyridine rings is 1. The molecule has 1 unspecified atom stereocenters. The highest BCUT2D eigenvalue weighted by atomic mass is 16.6. The van der Waals surface area contributed by atoms with Crippen molar-refractivity contribution in [3.8, 4) is 0 Å². The monoisotopic (exact) mass is 307 g/mol. The van der Waals surface area contributed by atoms with Crippen molar-refractivity contribution in [3.05, 3.63) is 27.9 Å². The Hall–Kier alpha value is -2.22. The van der Waals surface area contributed by atoms with Gasteiger partial charge >= 0.3 is 0 Å². The highest BCUT2D eigenvalue weighted by Crippen LogP contribution is 2.24. The second kappa shape index (κ2) is 6.69. The van der Waals surface area contributed by atoms with Crippen LogP contribution in [0.2, 0.25) is 0 Å². The van der Waals surface area contributed by atoms with Gasteiger partial charge < -0.3 is 15.5 Å². The van der Waals surface area contributed by atoms with Crippen molar-refractivity contribution >= 4 is 17.4 Å². The van der Waals surface area contributed by atoms with Crippen LogP contribution in [-0.2, 0) is 0 Å². The zero-order valence-electron chi connectivity index (χ0n) is 12.9. The van der Waals surface area contributed by atoms with Gasteiger partial charge in [0.2, 0.25) is 0 Å². The van der Waals surface area contributed by atoms with E-state index in [0.29, 0.717) is 11.7 Å². The zero-order chi connectivity index (χ0) is 16.3. The molecule has 1 aliphatic rings. The molecule has 0 saturated carbocycles. The summed E-state index contributed by atoms with van der Waals surface area (Å²) in [5, 5.41) is 10.8. The van der Waals surface area contributed by atoms with Crippen molar-refractivity contribution in [1.82, 2.24) is 9.88 Å². The summed E-state index contributed by atoms with van der Waals surface area (Å²) in [6.45, 7) is 2.82. The smallest absolute Gasteiger partial charge is 0.288 e. The minimum atomic E-state index is -0.709. The number of rotatable bonds is 5. The Bertz CT molecular complexity index is 578. The van der Waals surface area contributed by atoms with Crippen molar-refractivity contribution in [2.75, 3.05) is 38.6 Å². The zero-order valence-corrected chi connectivity index (χ0v) is 12.9. The van der Waals surface area contributed by atoms with Crippen LogP contribution in [0.4, 0.5) is 11.5 Å². The molecule has 8 heteroatoms. The molecule has 2 N–H and O–H groups in total. The summed E-state index contributed by atoms with van der Waals surface area (Å²) in [5.74, 6) is 0.159. The average Bonchev–Trinajstić information content (AvgIpc) is 2.46. The third-order valence-electron chi connectivity index (χ3n) is 3.94. The topological polar surface area (TPSA) is 106 Å². The number of carbonyl (C=O) groups is 1. The van der Waals surface area contributed by atoms with E-state index in [9.17, 15) is 14.9 Å². The van der Waals surface area contributed by atoms with Crippen LogP contribution in [0.1, 0.15) is 23.2 Å². The van der Waals surface area contributed by atoms with Crippen LogP contribution >= 0.6 is 0 Å². The molecule has 2 rings (SSSR count). The second-order valence-electron chi connectivity index (χ2n) is 5.84. The summed E-state index contributed by atoms with van der Waals surface area (Å²) in [7, 11) is 3.92. The predicted molar refractivity (Wildman–Crippen MR) is 82.9 cm³/mol. The van der Waals surface area contributed by atoms with Crippen LogP contribution < -0.4 is 10.6 Å². The Morgan fingerprint density at radius 1 is 1.64 bits per heavy atom. The Morgan fingerprint density at radius 2 is 2.36 bits per heavy atom. The van der Waals surface area contributed by atoms with E-state index in [1.165, 1.54) is 6.07 Å². The van der Waals surface area contributed by atoms with Gasteiger partial charge in [0.1, 0.15) is 12.0 Å². The Labute approximate surface area is 129 Å². The highest BCUT2D eigenvalue weighted by Gasteiger charge is 2.23. The van der Waals surface area contributed by atoms with Crippen molar-refractivity contribution in [2.45, 2.75) is 12.8 Å². The number of nitro groups is 1. The molecule has 120 valence electrons. The van der Waals surface area contributed by atoms with Crippen molar-refractivity contribution < 1.29 is 9.72 Å². The summed E-state index contributed by atoms with van der Waals surface area (Å²) in [6, 6.07) is 1.19. The fourth-order valence-corrected chi connectivity index (χ4v) is 2.93. The number of aromatic nitrogens is 1. The number of hydrogen-bond acceptors (Lipinski definition) is 6. The second-order valence-corrected chi connectivity index (χ2v) is 5.84. The number of hydrogen-bond donors (Lipinski definition) is 1. The first-order valence-electron chi connectivity index (χ1n) is 7.22. The lowest BCUT2D eigenvalue weighted by atomic mass is 9.98. The largest absolute Gasteiger partial charge is 0.365 e. The number of likely N-dealkylation sites (tertiary alicyclic amines) is 1. The number of piperidine rings is 1. The van der Waals surface area contributed by atoms with Crippen molar-refractivity contribution in [3.63, 3.8) is 0 Å². The van der Waals surface area contributed by atoms with Crippen molar-refractivity contribution in [1.29, 1.82) is 0 Å². The van der Waals surface area contributed by atoms with E-state index in [-0.39, 0.29) is 11.3 Å². The van der Waals surface area contributed by atoms with Gasteiger partial charge in [-0.1, -0.05) is 0 Å². The molecule has 1 atom stereocenters. The number of nitrogens with zero attached hydrogens (tertiary/aromatic N) is 4. The average molecular weight is 307 g/mol. The van der Waals surface area contributed by atoms with Gasteiger partial charge in [-0.2, -0.15) is 0 Å². The Kier molecular flexibility index (Phi) is 4.92. The van der Waals surface area contributed by atoms with Gasteiger partial charge in [-0.25, -0.2) is 4.98 Å². The lowest BCUT2D eigenvalue weighted by Gasteiger charge is -2.33. The lowest BCUT2D eigenvalue weighted by molar-refractivity contribution is -0.385. The molecular formula is C14H21N5O3. The van der Waals surface area contributed by atoms with E-state index in [0.717, 1.165) is 38.7 Å². The summed E-state index contributed by atoms with van der Waals surface area (Å²) >= 11 is 0. The van der Waals surface area contributed by atoms with Crippen LogP contribution in [0, 0.1) is 16.0 Å². The summed E-state index contributed by atoms with van der Waals surface area (Å²) in [4.78, 5) is 30.0. The molecule has 0 aliphatic carbocycles. The SMILES string of the molecule is CN1CCCC(CN(C)c2ncc([N+](=O)[O-])cc2C(N)=O)C1. The maximum atomic E-state index is 11.6. The molecule has 22 heavy (non-hydrogen) atoms. The molecule has 0 radical (unpaired) electrons. The van der Waals surface area contributed by atoms with Gasteiger partial charge in [-0.3, -0.25) is 14.9 Å². The molecule has 8 nitrogen and oxygen atoms in total. The fraction of sp³-hybridized carbons (Fsp3) is 0.571. The molecule has 2 heterocycles. The molecule has 1 aromatic rings. The van der Waals surface area contributed by atoms with Gasteiger partial charge in [0.05, 0.1) is 10.5 Å². The van der Waals surface area contributed by atoms with Crippen molar-refractivity contribution in [2.24, 2.45) is 11.7 Å². The number of amides is 1. The van der Waals surface area contributed by atoms with E-state index in [1.807, 2.05) is 11.9 Å². The summed E-state index contributed by atoms with van der Waals surface area (Å²) in [6.07, 6.45) is 3.42. The molecule has 1 fully saturated rings. The van der Waals surface area contributed by atoms with Crippen LogP contribution in [0.3, 0.4) is 0 Å². The van der Waals surface area contributed by atoms with Gasteiger partial charge in [0.25, 0.3) is 11.6 Å². The summed E-state index contributed by atoms with van der Waals surface area (Å²) < 4.78 is 0. The van der Waals surface area contributed by atoms with E-state index in [2.05, 4.69) is 16.9 Å². The number of nitrogens with two attached hydrogens (primary N) is 1. The highest BCUT2D eigenvalue weighted by molar-refractivity contribution is 5.98. The quantitative estimate of drug-likeness (QED) is 0.639. The minimum absolute atomic E-state index is 0.0841. The fourth-order valence-electron chi connectivity index (χ4n) is 2.93. The first-order chi connectivity index (χ1) is 10.4. The molecule has 1 saturated heterocycles. The van der Waals surface area contributed by atoms with Gasteiger partial charge in [0.15, 0.2) is 0 Å². The first kappa shape index (κ1) is 16.2. The minimum Gasteiger partial charge on any atom is -0.365 e. The number of anilines is 1. The number of carbonyl (C=O) groups excluding carboxylic acids is 1. The first-order valence-corrected chi connectivity index (χ1v) is 7.22. The molecule has 0 spiro atoms. The van der Waals surface area contributed by atoms with E-state index < -0.39 is 10.8 Å². The van der Waals surface area contributed by atoms with Gasteiger partial charge in [-0.15, -0.1) is 0 Å². The molecular weight excluding hydrogens is 286 g/mol. The third kappa shape index (κ3) is 3.70. The van der Waals surface area contributed by atoms with Crippen LogP contribution in [0.15, 0.2) is 12.3 Å². The number of primary amides is 1. The maximum absolute atomic E-state index is 11.6. The normalized spacial score (nSPS) is 18.9. The third-order valence-corrected chi connectivity index (χ3v) is 3.94. The maximum Gasteiger partial charge on any atom is 0.288 e. The van der Waals surface area contributed by atoms with Gasteiger partial charge in [0, 0.05) is 26.2 Å². The molecule has 0 aromatic carbocycles. The van der Waals surface area contributed by atoms with Crippen LogP contribution in [0.25, 0.3) is 0 Å². The lowest BCUT2D eigenvalue weighted by Crippen LogP contribution is -2.38.